The summed E-state index contributed by atoms with van der Waals surface area (Å²) < 4.78 is 37.2. The normalized spacial score (nSPS) is 14.6. The van der Waals surface area contributed by atoms with Crippen LogP contribution in [-0.4, -0.2) is 68.1 Å². The number of benzene rings is 2. The van der Waals surface area contributed by atoms with Crippen molar-refractivity contribution in [3.05, 3.63) is 89.0 Å². The summed E-state index contributed by atoms with van der Waals surface area (Å²) in [5.41, 5.74) is 3.12. The number of ether oxygens (including phenoxy) is 1. The molecule has 0 bridgehead atoms. The van der Waals surface area contributed by atoms with Gasteiger partial charge in [0.05, 0.1) is 11.9 Å². The van der Waals surface area contributed by atoms with Crippen LogP contribution in [0.1, 0.15) is 46.5 Å². The Labute approximate surface area is 250 Å². The third-order valence-corrected chi connectivity index (χ3v) is 7.66. The quantitative estimate of drug-likeness (QED) is 0.222. The summed E-state index contributed by atoms with van der Waals surface area (Å²) in [4.78, 5) is 26.3. The van der Waals surface area contributed by atoms with Gasteiger partial charge in [-0.3, -0.25) is 14.4 Å². The van der Waals surface area contributed by atoms with E-state index >= 15 is 0 Å². The lowest BCUT2D eigenvalue weighted by Gasteiger charge is -2.34. The minimum Gasteiger partial charge on any atom is -0.439 e. The molecule has 1 aliphatic rings. The number of Topliss-reactive ketones (excluding diaryl/α,β-unsaturated/α-hetero) is 1. The van der Waals surface area contributed by atoms with Gasteiger partial charge in [0.1, 0.15) is 17.9 Å². The molecule has 11 heteroatoms. The summed E-state index contributed by atoms with van der Waals surface area (Å²) in [7, 11) is 1.82. The molecule has 0 aliphatic carbocycles. The fourth-order valence-corrected chi connectivity index (χ4v) is 5.17. The van der Waals surface area contributed by atoms with Crippen LogP contribution in [0.3, 0.4) is 0 Å². The van der Waals surface area contributed by atoms with E-state index in [9.17, 15) is 13.6 Å². The zero-order valence-corrected chi connectivity index (χ0v) is 25.0. The van der Waals surface area contributed by atoms with Gasteiger partial charge >= 0.3 is 0 Å². The lowest BCUT2D eigenvalue weighted by atomic mass is 9.95. The van der Waals surface area contributed by atoms with Crippen molar-refractivity contribution in [3.63, 3.8) is 0 Å². The first-order valence-corrected chi connectivity index (χ1v) is 14.4. The average molecular weight is 590 g/mol. The number of piperazine rings is 1. The molecule has 0 atom stereocenters. The number of hydrogen-bond donors (Lipinski definition) is 1. The number of anilines is 2. The number of nitrogens with zero attached hydrogens (tertiary/aromatic N) is 6. The van der Waals surface area contributed by atoms with E-state index in [0.717, 1.165) is 50.9 Å². The van der Waals surface area contributed by atoms with Gasteiger partial charge in [0.25, 0.3) is 5.92 Å². The minimum atomic E-state index is -3.02. The number of likely N-dealkylation sites (N-methyl/N-ethyl adjacent to an activating group) is 1. The molecule has 2 aromatic carbocycles. The van der Waals surface area contributed by atoms with E-state index in [-0.39, 0.29) is 17.8 Å². The molecule has 0 saturated carbocycles. The Kier molecular flexibility index (Phi) is 9.12. The monoisotopic (exact) mass is 589 g/mol. The smallest absolute Gasteiger partial charge is 0.270 e. The van der Waals surface area contributed by atoms with Gasteiger partial charge in [-0.25, -0.2) is 18.7 Å². The van der Waals surface area contributed by atoms with Gasteiger partial charge in [0.15, 0.2) is 5.78 Å². The molecular weight excluding hydrogens is 552 g/mol. The molecule has 3 heterocycles. The van der Waals surface area contributed by atoms with Crippen molar-refractivity contribution in [2.45, 2.75) is 39.7 Å². The zero-order chi connectivity index (χ0) is 30.6. The second kappa shape index (κ2) is 13.0. The lowest BCUT2D eigenvalue weighted by molar-refractivity contribution is 0.0153. The summed E-state index contributed by atoms with van der Waals surface area (Å²) in [6.07, 6.45) is 4.87. The molecule has 1 N–H and O–H groups in total. The maximum Gasteiger partial charge on any atom is 0.270 e. The number of aromatic nitrogens is 4. The van der Waals surface area contributed by atoms with E-state index in [0.29, 0.717) is 40.7 Å². The summed E-state index contributed by atoms with van der Waals surface area (Å²) >= 11 is 0. The van der Waals surface area contributed by atoms with Crippen LogP contribution in [-0.2, 0) is 25.9 Å². The highest BCUT2D eigenvalue weighted by molar-refractivity contribution is 5.98. The molecular formula is C32H37F2N7O2. The van der Waals surface area contributed by atoms with E-state index in [1.54, 1.807) is 47.3 Å². The Morgan fingerprint density at radius 1 is 1.05 bits per heavy atom. The Bertz CT molecular complexity index is 1580. The lowest BCUT2D eigenvalue weighted by Crippen LogP contribution is -2.45. The first-order valence-electron chi connectivity index (χ1n) is 14.4. The fraction of sp³-hybridized carbons (Fsp3) is 0.375. The standard InChI is InChI=1S/C32H37F2N7O2/c1-5-40-10-12-41(13-11-40)19-25-9-7-23(14-27(25)32(3,33)34)15-28(42)24-8-6-22(2)29(16-24)43-31-17-30(35-21-36-31)38-26-18-37-39(4)20-26/h6-9,14,16-18,20-21H,5,10-13,15,19H2,1-4H3,(H,35,36,38). The van der Waals surface area contributed by atoms with Gasteiger partial charge < -0.3 is 15.0 Å². The van der Waals surface area contributed by atoms with Gasteiger partial charge in [-0.05, 0) is 42.3 Å². The average Bonchev–Trinajstić information content (AvgIpc) is 3.39. The number of rotatable bonds is 11. The number of carbonyl (C=O) groups is 1. The van der Waals surface area contributed by atoms with Crippen molar-refractivity contribution in [1.82, 2.24) is 29.5 Å². The van der Waals surface area contributed by atoms with Crippen molar-refractivity contribution in [1.29, 1.82) is 0 Å². The van der Waals surface area contributed by atoms with E-state index in [1.807, 2.05) is 20.2 Å². The number of halogens is 2. The number of ketones is 1. The molecule has 2 aromatic heterocycles. The van der Waals surface area contributed by atoms with Crippen LogP contribution in [0.2, 0.25) is 0 Å². The van der Waals surface area contributed by atoms with Gasteiger partial charge in [-0.1, -0.05) is 31.2 Å². The maximum absolute atomic E-state index is 14.7. The maximum atomic E-state index is 14.7. The predicted molar refractivity (Wildman–Crippen MR) is 161 cm³/mol. The van der Waals surface area contributed by atoms with E-state index < -0.39 is 5.92 Å². The highest BCUT2D eigenvalue weighted by atomic mass is 19.3. The minimum absolute atomic E-state index is 0.00623. The molecule has 0 spiro atoms. The van der Waals surface area contributed by atoms with Crippen LogP contribution in [0.4, 0.5) is 20.3 Å². The molecule has 43 heavy (non-hydrogen) atoms. The third-order valence-electron chi connectivity index (χ3n) is 7.66. The van der Waals surface area contributed by atoms with Gasteiger partial charge in [-0.15, -0.1) is 0 Å². The van der Waals surface area contributed by atoms with Crippen molar-refractivity contribution in [2.75, 3.05) is 38.0 Å². The molecule has 226 valence electrons. The highest BCUT2D eigenvalue weighted by Crippen LogP contribution is 2.33. The summed E-state index contributed by atoms with van der Waals surface area (Å²) in [6, 6.07) is 11.8. The Morgan fingerprint density at radius 3 is 2.51 bits per heavy atom. The second-order valence-corrected chi connectivity index (χ2v) is 11.0. The number of hydrogen-bond acceptors (Lipinski definition) is 8. The summed E-state index contributed by atoms with van der Waals surface area (Å²) in [5, 5.41) is 7.27. The van der Waals surface area contributed by atoms with Crippen LogP contribution >= 0.6 is 0 Å². The molecule has 0 unspecified atom stereocenters. The van der Waals surface area contributed by atoms with Gasteiger partial charge in [0, 0.05) is 76.5 Å². The van der Waals surface area contributed by atoms with Crippen LogP contribution in [0.25, 0.3) is 0 Å². The molecule has 1 fully saturated rings. The number of nitrogens with one attached hydrogen (secondary N) is 1. The van der Waals surface area contributed by atoms with Crippen molar-refractivity contribution < 1.29 is 18.3 Å². The molecule has 1 aliphatic heterocycles. The van der Waals surface area contributed by atoms with Gasteiger partial charge in [0.2, 0.25) is 5.88 Å². The van der Waals surface area contributed by atoms with Crippen LogP contribution in [0.5, 0.6) is 11.6 Å². The molecule has 1 saturated heterocycles. The van der Waals surface area contributed by atoms with Crippen LogP contribution in [0.15, 0.2) is 61.2 Å². The third kappa shape index (κ3) is 7.79. The van der Waals surface area contributed by atoms with E-state index in [1.165, 1.54) is 12.4 Å². The van der Waals surface area contributed by atoms with E-state index in [2.05, 4.69) is 37.1 Å². The van der Waals surface area contributed by atoms with Crippen molar-refractivity contribution in [3.8, 4) is 11.6 Å². The molecule has 0 radical (unpaired) electrons. The first kappa shape index (κ1) is 30.2. The Morgan fingerprint density at radius 2 is 1.81 bits per heavy atom. The molecule has 0 amide bonds. The second-order valence-electron chi connectivity index (χ2n) is 11.0. The van der Waals surface area contributed by atoms with Crippen molar-refractivity contribution in [2.24, 2.45) is 7.05 Å². The van der Waals surface area contributed by atoms with Gasteiger partial charge in [-0.2, -0.15) is 5.10 Å². The summed E-state index contributed by atoms with van der Waals surface area (Å²) in [6.45, 7) is 9.94. The van der Waals surface area contributed by atoms with E-state index in [4.69, 9.17) is 4.74 Å². The predicted octanol–water partition coefficient (Wildman–Crippen LogP) is 5.73. The SMILES string of the molecule is CCN1CCN(Cc2ccc(CC(=O)c3ccc(C)c(Oc4cc(Nc5cnn(C)c5)ncn4)c3)cc2C(C)(F)F)CC1. The van der Waals surface area contributed by atoms with Crippen LogP contribution in [0, 0.1) is 6.92 Å². The molecule has 4 aromatic rings. The van der Waals surface area contributed by atoms with Crippen molar-refractivity contribution >= 4 is 17.3 Å². The molecule has 5 rings (SSSR count). The number of alkyl halides is 2. The zero-order valence-electron chi connectivity index (χ0n) is 25.0. The first-order chi connectivity index (χ1) is 20.6. The number of carbonyl (C=O) groups excluding carboxylic acids is 1. The topological polar surface area (TPSA) is 88.4 Å². The number of aryl methyl sites for hydroxylation is 2. The highest BCUT2D eigenvalue weighted by Gasteiger charge is 2.29. The fourth-order valence-electron chi connectivity index (χ4n) is 5.17. The Balaban J connectivity index is 1.29. The Hall–Kier alpha value is -4.22. The molecule has 9 nitrogen and oxygen atoms in total. The van der Waals surface area contributed by atoms with Crippen LogP contribution < -0.4 is 10.1 Å². The largest absolute Gasteiger partial charge is 0.439 e. The summed E-state index contributed by atoms with van der Waals surface area (Å²) in [5.74, 6) is -1.92.